The molecule has 0 saturated heterocycles. The van der Waals surface area contributed by atoms with Crippen LogP contribution in [0.2, 0.25) is 0 Å². The number of hydrogen-bond donors (Lipinski definition) is 0. The van der Waals surface area contributed by atoms with Crippen LogP contribution in [0.4, 0.5) is 4.39 Å². The lowest BCUT2D eigenvalue weighted by Gasteiger charge is -2.27. The number of carbonyl (C=O) groups excluding carboxylic acids is 1. The van der Waals surface area contributed by atoms with E-state index in [2.05, 4.69) is 4.98 Å². The van der Waals surface area contributed by atoms with Gasteiger partial charge in [0, 0.05) is 24.5 Å². The zero-order valence-corrected chi connectivity index (χ0v) is 17.6. The molecule has 154 valence electrons. The van der Waals surface area contributed by atoms with Crippen molar-refractivity contribution in [3.63, 3.8) is 0 Å². The molecule has 8 heteroatoms. The Bertz CT molecular complexity index is 1090. The molecule has 0 unspecified atom stereocenters. The molecular formula is C21H23FN2O4S. The van der Waals surface area contributed by atoms with E-state index in [1.807, 2.05) is 5.38 Å². The Balaban J connectivity index is 2.28. The molecule has 3 rings (SSSR count). The largest absolute Gasteiger partial charge is 0.464 e. The van der Waals surface area contributed by atoms with E-state index in [-0.39, 0.29) is 18.0 Å². The Labute approximate surface area is 171 Å². The standard InChI is InChI=1S/C21H23FN2O4S/c1-5-28-20(26)21(2,3)24-16(10-11-27-4)23-18-17(19(24)25)15(12-29-18)13-6-8-14(22)9-7-13/h6-9,12H,5,10-11H2,1-4H3. The maximum atomic E-state index is 13.6. The molecule has 0 bridgehead atoms. The summed E-state index contributed by atoms with van der Waals surface area (Å²) in [6.07, 6.45) is 0.369. The molecule has 0 aliphatic rings. The average molecular weight is 418 g/mol. The Morgan fingerprint density at radius 3 is 2.59 bits per heavy atom. The second-order valence-electron chi connectivity index (χ2n) is 7.03. The Morgan fingerprint density at radius 2 is 1.97 bits per heavy atom. The number of ether oxygens (including phenoxy) is 2. The molecule has 3 aromatic rings. The van der Waals surface area contributed by atoms with Crippen LogP contribution < -0.4 is 5.56 Å². The lowest BCUT2D eigenvalue weighted by molar-refractivity contribution is -0.152. The smallest absolute Gasteiger partial charge is 0.331 e. The van der Waals surface area contributed by atoms with E-state index in [1.165, 1.54) is 28.0 Å². The third kappa shape index (κ3) is 3.95. The quantitative estimate of drug-likeness (QED) is 0.547. The second-order valence-corrected chi connectivity index (χ2v) is 7.89. The van der Waals surface area contributed by atoms with Crippen LogP contribution in [-0.4, -0.2) is 35.8 Å². The van der Waals surface area contributed by atoms with Gasteiger partial charge in [-0.1, -0.05) is 12.1 Å². The van der Waals surface area contributed by atoms with Crippen molar-refractivity contribution in [2.45, 2.75) is 32.7 Å². The van der Waals surface area contributed by atoms with Crippen molar-refractivity contribution in [2.75, 3.05) is 20.3 Å². The van der Waals surface area contributed by atoms with Crippen LogP contribution in [0.5, 0.6) is 0 Å². The third-order valence-corrected chi connectivity index (χ3v) is 5.57. The molecule has 2 heterocycles. The van der Waals surface area contributed by atoms with E-state index in [1.54, 1.807) is 40.0 Å². The van der Waals surface area contributed by atoms with E-state index in [0.717, 1.165) is 0 Å². The number of benzene rings is 1. The molecule has 6 nitrogen and oxygen atoms in total. The van der Waals surface area contributed by atoms with Gasteiger partial charge in [-0.05, 0) is 38.5 Å². The summed E-state index contributed by atoms with van der Waals surface area (Å²) in [6, 6.07) is 5.94. The summed E-state index contributed by atoms with van der Waals surface area (Å²) in [6.45, 7) is 5.56. The number of nitrogens with zero attached hydrogens (tertiary/aromatic N) is 2. The van der Waals surface area contributed by atoms with Gasteiger partial charge in [0.25, 0.3) is 5.56 Å². The fourth-order valence-electron chi connectivity index (χ4n) is 3.21. The number of thiophene rings is 1. The summed E-state index contributed by atoms with van der Waals surface area (Å²) >= 11 is 1.34. The van der Waals surface area contributed by atoms with Crippen molar-refractivity contribution < 1.29 is 18.7 Å². The molecule has 2 aromatic heterocycles. The van der Waals surface area contributed by atoms with Gasteiger partial charge >= 0.3 is 5.97 Å². The van der Waals surface area contributed by atoms with Gasteiger partial charge in [-0.2, -0.15) is 0 Å². The first kappa shape index (κ1) is 21.1. The minimum absolute atomic E-state index is 0.208. The fourth-order valence-corrected chi connectivity index (χ4v) is 4.17. The lowest BCUT2D eigenvalue weighted by Crippen LogP contribution is -2.46. The van der Waals surface area contributed by atoms with Crippen molar-refractivity contribution in [1.29, 1.82) is 0 Å². The van der Waals surface area contributed by atoms with Crippen LogP contribution in [0.1, 0.15) is 26.6 Å². The van der Waals surface area contributed by atoms with Crippen molar-refractivity contribution in [2.24, 2.45) is 0 Å². The van der Waals surface area contributed by atoms with Crippen molar-refractivity contribution in [1.82, 2.24) is 9.55 Å². The first-order valence-electron chi connectivity index (χ1n) is 9.27. The zero-order chi connectivity index (χ0) is 21.2. The van der Waals surface area contributed by atoms with E-state index in [0.29, 0.717) is 40.2 Å². The predicted octanol–water partition coefficient (Wildman–Crippen LogP) is 3.75. The van der Waals surface area contributed by atoms with Gasteiger partial charge in [-0.25, -0.2) is 14.2 Å². The topological polar surface area (TPSA) is 70.4 Å². The first-order chi connectivity index (χ1) is 13.8. The maximum Gasteiger partial charge on any atom is 0.331 e. The van der Waals surface area contributed by atoms with Gasteiger partial charge in [0.15, 0.2) is 0 Å². The zero-order valence-electron chi connectivity index (χ0n) is 16.8. The maximum absolute atomic E-state index is 13.6. The second kappa shape index (κ2) is 8.42. The van der Waals surface area contributed by atoms with Crippen molar-refractivity contribution in [3.05, 3.63) is 51.6 Å². The summed E-state index contributed by atoms with van der Waals surface area (Å²) in [5.74, 6) is -0.412. The number of halogens is 1. The van der Waals surface area contributed by atoms with Crippen LogP contribution in [0.15, 0.2) is 34.4 Å². The molecule has 0 atom stereocenters. The Kier molecular flexibility index (Phi) is 6.14. The van der Waals surface area contributed by atoms with Crippen LogP contribution in [0, 0.1) is 5.82 Å². The number of esters is 1. The molecule has 0 saturated carbocycles. The Morgan fingerprint density at radius 1 is 1.28 bits per heavy atom. The molecule has 29 heavy (non-hydrogen) atoms. The van der Waals surface area contributed by atoms with Gasteiger partial charge in [-0.3, -0.25) is 9.36 Å². The molecule has 0 aliphatic carbocycles. The number of methoxy groups -OCH3 is 1. The van der Waals surface area contributed by atoms with Crippen LogP contribution in [0.3, 0.4) is 0 Å². The minimum atomic E-state index is -1.25. The summed E-state index contributed by atoms with van der Waals surface area (Å²) in [4.78, 5) is 31.5. The van der Waals surface area contributed by atoms with Crippen LogP contribution in [-0.2, 0) is 26.2 Å². The van der Waals surface area contributed by atoms with E-state index < -0.39 is 11.5 Å². The van der Waals surface area contributed by atoms with Crippen molar-refractivity contribution in [3.8, 4) is 11.1 Å². The number of rotatable bonds is 7. The van der Waals surface area contributed by atoms with Crippen molar-refractivity contribution >= 4 is 27.5 Å². The van der Waals surface area contributed by atoms with Gasteiger partial charge < -0.3 is 9.47 Å². The minimum Gasteiger partial charge on any atom is -0.464 e. The first-order valence-corrected chi connectivity index (χ1v) is 10.1. The summed E-state index contributed by atoms with van der Waals surface area (Å²) in [5, 5.41) is 2.23. The van der Waals surface area contributed by atoms with E-state index in [9.17, 15) is 14.0 Å². The molecule has 0 fully saturated rings. The highest BCUT2D eigenvalue weighted by molar-refractivity contribution is 7.17. The Hall–Kier alpha value is -2.58. The third-order valence-electron chi connectivity index (χ3n) is 4.70. The highest BCUT2D eigenvalue weighted by Gasteiger charge is 2.35. The highest BCUT2D eigenvalue weighted by atomic mass is 32.1. The van der Waals surface area contributed by atoms with Gasteiger partial charge in [0.2, 0.25) is 0 Å². The number of aromatic nitrogens is 2. The average Bonchev–Trinajstić information content (AvgIpc) is 3.11. The van der Waals surface area contributed by atoms with E-state index >= 15 is 0 Å². The van der Waals surface area contributed by atoms with Gasteiger partial charge in [0.05, 0.1) is 18.6 Å². The summed E-state index contributed by atoms with van der Waals surface area (Å²) in [7, 11) is 1.56. The molecule has 0 N–H and O–H groups in total. The monoisotopic (exact) mass is 418 g/mol. The number of hydrogen-bond acceptors (Lipinski definition) is 6. The number of fused-ring (bicyclic) bond motifs is 1. The van der Waals surface area contributed by atoms with E-state index in [4.69, 9.17) is 9.47 Å². The van der Waals surface area contributed by atoms with Crippen LogP contribution in [0.25, 0.3) is 21.3 Å². The molecule has 0 spiro atoms. The van der Waals surface area contributed by atoms with Gasteiger partial charge in [0.1, 0.15) is 22.0 Å². The van der Waals surface area contributed by atoms with Gasteiger partial charge in [-0.15, -0.1) is 11.3 Å². The highest BCUT2D eigenvalue weighted by Crippen LogP contribution is 2.32. The molecular weight excluding hydrogens is 395 g/mol. The summed E-state index contributed by atoms with van der Waals surface area (Å²) in [5.41, 5.74) is -0.213. The SMILES string of the molecule is CCOC(=O)C(C)(C)n1c(CCOC)nc2scc(-c3ccc(F)cc3)c2c1=O. The lowest BCUT2D eigenvalue weighted by atomic mass is 10.0. The summed E-state index contributed by atoms with van der Waals surface area (Å²) < 4.78 is 25.1. The number of carbonyl (C=O) groups is 1. The molecule has 0 amide bonds. The molecule has 1 aromatic carbocycles. The molecule has 0 aliphatic heterocycles. The predicted molar refractivity (Wildman–Crippen MR) is 111 cm³/mol. The molecule has 0 radical (unpaired) electrons. The normalized spacial score (nSPS) is 11.8. The van der Waals surface area contributed by atoms with Crippen LogP contribution >= 0.6 is 11.3 Å². The fraction of sp³-hybridized carbons (Fsp3) is 0.381.